The Labute approximate surface area is 128 Å². The number of aromatic nitrogens is 2. The van der Waals surface area contributed by atoms with E-state index in [4.69, 9.17) is 9.47 Å². The van der Waals surface area contributed by atoms with Crippen LogP contribution in [0.2, 0.25) is 0 Å². The van der Waals surface area contributed by atoms with E-state index in [0.29, 0.717) is 19.8 Å². The Balaban J connectivity index is 0.00000147. The van der Waals surface area contributed by atoms with Crippen molar-refractivity contribution < 1.29 is 9.47 Å². The van der Waals surface area contributed by atoms with Crippen LogP contribution in [0.3, 0.4) is 0 Å². The quantitative estimate of drug-likeness (QED) is 0.887. The van der Waals surface area contributed by atoms with Crippen LogP contribution in [0.5, 0.6) is 0 Å². The van der Waals surface area contributed by atoms with Crippen molar-refractivity contribution in [3.63, 3.8) is 0 Å². The van der Waals surface area contributed by atoms with Crippen LogP contribution in [0, 0.1) is 0 Å². The summed E-state index contributed by atoms with van der Waals surface area (Å²) in [5.41, 5.74) is 2.28. The van der Waals surface area contributed by atoms with Crippen LogP contribution in [0.1, 0.15) is 5.56 Å². The number of halogens is 1. The molecule has 3 heterocycles. The number of nitrogens with one attached hydrogen (secondary N) is 2. The normalized spacial score (nSPS) is 18.7. The maximum Gasteiger partial charge on any atom is 0.0933 e. The van der Waals surface area contributed by atoms with Crippen LogP contribution >= 0.6 is 23.7 Å². The number of H-pyrrole nitrogens is 1. The molecule has 5 nitrogen and oxygen atoms in total. The minimum absolute atomic E-state index is 0. The molecule has 0 aliphatic carbocycles. The van der Waals surface area contributed by atoms with E-state index in [-0.39, 0.29) is 18.5 Å². The third kappa shape index (κ3) is 3.80. The fourth-order valence-corrected chi connectivity index (χ4v) is 2.86. The minimum Gasteiger partial charge on any atom is -0.376 e. The molecule has 0 aromatic carbocycles. The van der Waals surface area contributed by atoms with E-state index >= 15 is 0 Å². The van der Waals surface area contributed by atoms with Gasteiger partial charge in [-0.25, -0.2) is 0 Å². The molecule has 0 saturated carbocycles. The number of ether oxygens (including phenoxy) is 2. The van der Waals surface area contributed by atoms with Crippen molar-refractivity contribution >= 4 is 23.7 Å². The molecule has 1 aliphatic heterocycles. The van der Waals surface area contributed by atoms with E-state index in [1.807, 2.05) is 12.3 Å². The summed E-state index contributed by atoms with van der Waals surface area (Å²) in [6.45, 7) is 3.66. The van der Waals surface area contributed by atoms with Crippen molar-refractivity contribution in [3.8, 4) is 10.6 Å². The van der Waals surface area contributed by atoms with Gasteiger partial charge in [0.15, 0.2) is 0 Å². The Morgan fingerprint density at radius 1 is 1.45 bits per heavy atom. The number of hydrogen-bond donors (Lipinski definition) is 2. The standard InChI is InChI=1S/C13H17N3O2S.ClH/c1-2-12(19-5-1)13-10(7-15-16-13)6-14-8-11-9-17-3-4-18-11;/h1-2,5,7,11,14H,3-4,6,8-9H2,(H,15,16);1H. The highest BCUT2D eigenvalue weighted by Gasteiger charge is 2.14. The second kappa shape index (κ2) is 7.75. The number of rotatable bonds is 5. The van der Waals surface area contributed by atoms with Gasteiger partial charge in [0, 0.05) is 18.7 Å². The Morgan fingerprint density at radius 3 is 3.15 bits per heavy atom. The van der Waals surface area contributed by atoms with Gasteiger partial charge in [-0.3, -0.25) is 5.10 Å². The first-order valence-corrected chi connectivity index (χ1v) is 7.27. The molecule has 2 aromatic heterocycles. The third-order valence-electron chi connectivity index (χ3n) is 3.06. The number of aromatic amines is 1. The average molecular weight is 316 g/mol. The number of hydrogen-bond acceptors (Lipinski definition) is 5. The Morgan fingerprint density at radius 2 is 2.40 bits per heavy atom. The molecule has 20 heavy (non-hydrogen) atoms. The van der Waals surface area contributed by atoms with Gasteiger partial charge in [-0.15, -0.1) is 23.7 Å². The number of nitrogens with zero attached hydrogens (tertiary/aromatic N) is 1. The van der Waals surface area contributed by atoms with Crippen molar-refractivity contribution in [3.05, 3.63) is 29.3 Å². The molecular formula is C13H18ClN3O2S. The maximum absolute atomic E-state index is 5.59. The van der Waals surface area contributed by atoms with Gasteiger partial charge in [-0.05, 0) is 11.4 Å². The fourth-order valence-electron chi connectivity index (χ4n) is 2.10. The van der Waals surface area contributed by atoms with Crippen LogP contribution < -0.4 is 5.32 Å². The van der Waals surface area contributed by atoms with E-state index in [9.17, 15) is 0 Å². The van der Waals surface area contributed by atoms with Gasteiger partial charge in [0.1, 0.15) is 0 Å². The molecule has 1 fully saturated rings. The Hall–Kier alpha value is -0.920. The summed E-state index contributed by atoms with van der Waals surface area (Å²) in [7, 11) is 0. The molecule has 0 spiro atoms. The topological polar surface area (TPSA) is 59.2 Å². The van der Waals surface area contributed by atoms with Crippen LogP contribution in [0.15, 0.2) is 23.7 Å². The monoisotopic (exact) mass is 315 g/mol. The second-order valence-electron chi connectivity index (χ2n) is 4.45. The summed E-state index contributed by atoms with van der Waals surface area (Å²) < 4.78 is 11.0. The molecule has 0 bridgehead atoms. The Bertz CT molecular complexity index is 497. The number of thiophene rings is 1. The zero-order valence-electron chi connectivity index (χ0n) is 11.0. The molecule has 0 radical (unpaired) electrons. The SMILES string of the molecule is Cl.c1csc(-c2[nH]ncc2CNCC2COCCO2)c1. The van der Waals surface area contributed by atoms with Gasteiger partial charge in [-0.1, -0.05) is 6.07 Å². The average Bonchev–Trinajstić information content (AvgIpc) is 3.10. The lowest BCUT2D eigenvalue weighted by Crippen LogP contribution is -2.37. The van der Waals surface area contributed by atoms with E-state index in [2.05, 4.69) is 27.0 Å². The van der Waals surface area contributed by atoms with E-state index in [1.165, 1.54) is 10.4 Å². The minimum atomic E-state index is 0. The van der Waals surface area contributed by atoms with Crippen molar-refractivity contribution in [2.75, 3.05) is 26.4 Å². The summed E-state index contributed by atoms with van der Waals surface area (Å²) in [6, 6.07) is 4.14. The molecule has 3 rings (SSSR count). The van der Waals surface area contributed by atoms with Gasteiger partial charge in [0.25, 0.3) is 0 Å². The molecule has 1 atom stereocenters. The molecule has 110 valence electrons. The van der Waals surface area contributed by atoms with Gasteiger partial charge >= 0.3 is 0 Å². The van der Waals surface area contributed by atoms with Crippen molar-refractivity contribution in [1.29, 1.82) is 0 Å². The van der Waals surface area contributed by atoms with Crippen LogP contribution in [0.25, 0.3) is 10.6 Å². The molecule has 1 unspecified atom stereocenters. The van der Waals surface area contributed by atoms with Crippen LogP contribution in [-0.4, -0.2) is 42.7 Å². The lowest BCUT2D eigenvalue weighted by atomic mass is 10.2. The zero-order chi connectivity index (χ0) is 12.9. The molecule has 2 aromatic rings. The second-order valence-corrected chi connectivity index (χ2v) is 5.39. The van der Waals surface area contributed by atoms with Gasteiger partial charge < -0.3 is 14.8 Å². The summed E-state index contributed by atoms with van der Waals surface area (Å²) in [4.78, 5) is 1.21. The first-order valence-electron chi connectivity index (χ1n) is 6.39. The Kier molecular flexibility index (Phi) is 6.00. The summed E-state index contributed by atoms with van der Waals surface area (Å²) in [6.07, 6.45) is 2.03. The van der Waals surface area contributed by atoms with Crippen LogP contribution in [-0.2, 0) is 16.0 Å². The zero-order valence-corrected chi connectivity index (χ0v) is 12.6. The highest BCUT2D eigenvalue weighted by Crippen LogP contribution is 2.25. The van der Waals surface area contributed by atoms with E-state index in [0.717, 1.165) is 18.8 Å². The first kappa shape index (κ1) is 15.5. The highest BCUT2D eigenvalue weighted by molar-refractivity contribution is 7.13. The maximum atomic E-state index is 5.59. The van der Waals surface area contributed by atoms with Gasteiger partial charge in [0.2, 0.25) is 0 Å². The predicted octanol–water partition coefficient (Wildman–Crippen LogP) is 2.06. The smallest absolute Gasteiger partial charge is 0.0933 e. The van der Waals surface area contributed by atoms with Gasteiger partial charge in [0.05, 0.1) is 42.7 Å². The van der Waals surface area contributed by atoms with Crippen molar-refractivity contribution in [2.24, 2.45) is 0 Å². The van der Waals surface area contributed by atoms with Crippen LogP contribution in [0.4, 0.5) is 0 Å². The van der Waals surface area contributed by atoms with E-state index in [1.54, 1.807) is 11.3 Å². The largest absolute Gasteiger partial charge is 0.376 e. The summed E-state index contributed by atoms with van der Waals surface area (Å²) in [5.74, 6) is 0. The molecule has 0 amide bonds. The lowest BCUT2D eigenvalue weighted by Gasteiger charge is -2.23. The first-order chi connectivity index (χ1) is 9.43. The summed E-state index contributed by atoms with van der Waals surface area (Å²) >= 11 is 1.71. The molecular weight excluding hydrogens is 298 g/mol. The summed E-state index contributed by atoms with van der Waals surface area (Å²) in [5, 5.41) is 12.7. The van der Waals surface area contributed by atoms with Crippen molar-refractivity contribution in [2.45, 2.75) is 12.6 Å². The molecule has 2 N–H and O–H groups in total. The highest BCUT2D eigenvalue weighted by atomic mass is 35.5. The third-order valence-corrected chi connectivity index (χ3v) is 3.95. The van der Waals surface area contributed by atoms with E-state index < -0.39 is 0 Å². The molecule has 7 heteroatoms. The van der Waals surface area contributed by atoms with Gasteiger partial charge in [-0.2, -0.15) is 5.10 Å². The molecule has 1 saturated heterocycles. The lowest BCUT2D eigenvalue weighted by molar-refractivity contribution is -0.0864. The van der Waals surface area contributed by atoms with Crippen molar-refractivity contribution in [1.82, 2.24) is 15.5 Å². The fraction of sp³-hybridized carbons (Fsp3) is 0.462. The predicted molar refractivity (Wildman–Crippen MR) is 81.4 cm³/mol. The molecule has 1 aliphatic rings.